The molecule has 0 amide bonds. The first-order valence-electron chi connectivity index (χ1n) is 9.30. The lowest BCUT2D eigenvalue weighted by atomic mass is 10.3. The lowest BCUT2D eigenvalue weighted by molar-refractivity contribution is 0.502. The second-order valence-corrected chi connectivity index (χ2v) is 7.06. The fourth-order valence-electron chi connectivity index (χ4n) is 2.50. The summed E-state index contributed by atoms with van der Waals surface area (Å²) in [4.78, 5) is 8.74. The average Bonchev–Trinajstić information content (AvgIpc) is 2.65. The number of halogens is 1. The molecule has 28 heavy (non-hydrogen) atoms. The third-order valence-electron chi connectivity index (χ3n) is 4.05. The quantitative estimate of drug-likeness (QED) is 0.292. The number of thiocarbonyl (C=S) groups is 1. The van der Waals surface area contributed by atoms with Gasteiger partial charge in [0.15, 0.2) is 5.11 Å². The van der Waals surface area contributed by atoms with Gasteiger partial charge in [-0.15, -0.1) is 0 Å². The number of nitrogens with zero attached hydrogens (tertiary/aromatic N) is 3. The predicted octanol–water partition coefficient (Wildman–Crippen LogP) is 1.83. The van der Waals surface area contributed by atoms with Gasteiger partial charge in [-0.25, -0.2) is 10.4 Å². The zero-order valence-electron chi connectivity index (χ0n) is 15.5. The van der Waals surface area contributed by atoms with Crippen LogP contribution in [0.5, 0.6) is 0 Å². The minimum atomic E-state index is 0.599. The van der Waals surface area contributed by atoms with Crippen molar-refractivity contribution in [2.45, 2.75) is 6.42 Å². The van der Waals surface area contributed by atoms with Gasteiger partial charge < -0.3 is 21.3 Å². The van der Waals surface area contributed by atoms with E-state index in [1.165, 1.54) is 0 Å². The molecule has 1 aliphatic rings. The number of rotatable bonds is 10. The molecule has 1 aromatic heterocycles. The van der Waals surface area contributed by atoms with Crippen LogP contribution in [0.25, 0.3) is 0 Å². The van der Waals surface area contributed by atoms with Crippen molar-refractivity contribution in [2.24, 2.45) is 0 Å². The van der Waals surface area contributed by atoms with Gasteiger partial charge in [0.2, 0.25) is 5.95 Å². The first-order valence-corrected chi connectivity index (χ1v) is 10.1. The van der Waals surface area contributed by atoms with Gasteiger partial charge in [-0.1, -0.05) is 11.6 Å². The summed E-state index contributed by atoms with van der Waals surface area (Å²) in [7, 11) is 0. The second kappa shape index (κ2) is 11.0. The predicted molar refractivity (Wildman–Crippen MR) is 119 cm³/mol. The number of hydrogen-bond donors (Lipinski definition) is 5. The van der Waals surface area contributed by atoms with Crippen molar-refractivity contribution >= 4 is 46.4 Å². The monoisotopic (exact) mass is 420 g/mol. The molecule has 1 saturated heterocycles. The first-order chi connectivity index (χ1) is 13.7. The van der Waals surface area contributed by atoms with Crippen molar-refractivity contribution in [3.8, 4) is 0 Å². The van der Waals surface area contributed by atoms with Crippen molar-refractivity contribution in [2.75, 3.05) is 54.9 Å². The Morgan fingerprint density at radius 3 is 2.71 bits per heavy atom. The Hall–Kier alpha value is -2.20. The first kappa shape index (κ1) is 20.5. The van der Waals surface area contributed by atoms with Gasteiger partial charge in [0.05, 0.1) is 6.54 Å². The van der Waals surface area contributed by atoms with Crippen LogP contribution in [0.1, 0.15) is 6.42 Å². The Balaban J connectivity index is 1.21. The van der Waals surface area contributed by atoms with Gasteiger partial charge in [0.1, 0.15) is 5.82 Å². The van der Waals surface area contributed by atoms with Gasteiger partial charge in [-0.2, -0.15) is 4.98 Å². The fraction of sp³-hybridized carbons (Fsp3) is 0.389. The molecule has 0 saturated carbocycles. The highest BCUT2D eigenvalue weighted by Gasteiger charge is 2.16. The summed E-state index contributed by atoms with van der Waals surface area (Å²) in [6.07, 6.45) is 2.77. The maximum absolute atomic E-state index is 5.87. The summed E-state index contributed by atoms with van der Waals surface area (Å²) in [5.41, 5.74) is 4.07. The van der Waals surface area contributed by atoms with Crippen LogP contribution in [0.4, 0.5) is 17.5 Å². The highest BCUT2D eigenvalue weighted by molar-refractivity contribution is 7.80. The molecule has 1 aliphatic heterocycles. The van der Waals surface area contributed by atoms with Crippen LogP contribution < -0.4 is 31.7 Å². The van der Waals surface area contributed by atoms with Crippen LogP contribution in [-0.2, 0) is 0 Å². The Morgan fingerprint density at radius 1 is 1.14 bits per heavy atom. The average molecular weight is 421 g/mol. The molecule has 0 aliphatic carbocycles. The maximum Gasteiger partial charge on any atom is 0.241 e. The molecule has 0 radical (unpaired) electrons. The molecule has 2 aromatic rings. The van der Waals surface area contributed by atoms with Crippen molar-refractivity contribution < 1.29 is 0 Å². The molecule has 0 bridgehead atoms. The Bertz CT molecular complexity index is 754. The Kier molecular flexibility index (Phi) is 8.04. The number of aromatic nitrogens is 2. The summed E-state index contributed by atoms with van der Waals surface area (Å²) in [5.74, 6) is 1.56. The van der Waals surface area contributed by atoms with Gasteiger partial charge in [-0.05, 0) is 55.5 Å². The summed E-state index contributed by atoms with van der Waals surface area (Å²) in [6.45, 7) is 5.27. The van der Waals surface area contributed by atoms with Crippen LogP contribution in [0.2, 0.25) is 5.02 Å². The van der Waals surface area contributed by atoms with Crippen LogP contribution in [-0.4, -0.2) is 54.3 Å². The third kappa shape index (κ3) is 6.75. The van der Waals surface area contributed by atoms with Crippen molar-refractivity contribution in [1.29, 1.82) is 0 Å². The van der Waals surface area contributed by atoms with Crippen molar-refractivity contribution in [1.82, 2.24) is 26.0 Å². The molecular formula is C18H25ClN8S. The molecule has 10 heteroatoms. The molecule has 3 rings (SSSR count). The van der Waals surface area contributed by atoms with Crippen molar-refractivity contribution in [3.63, 3.8) is 0 Å². The minimum Gasteiger partial charge on any atom is -0.370 e. The Labute approximate surface area is 175 Å². The number of benzene rings is 1. The van der Waals surface area contributed by atoms with Crippen LogP contribution in [0.3, 0.4) is 0 Å². The van der Waals surface area contributed by atoms with E-state index in [9.17, 15) is 0 Å². The van der Waals surface area contributed by atoms with E-state index in [2.05, 4.69) is 36.7 Å². The molecule has 0 unspecified atom stereocenters. The molecule has 8 nitrogen and oxygen atoms in total. The van der Waals surface area contributed by atoms with E-state index < -0.39 is 0 Å². The highest BCUT2D eigenvalue weighted by atomic mass is 35.5. The number of anilines is 3. The van der Waals surface area contributed by atoms with E-state index >= 15 is 0 Å². The minimum absolute atomic E-state index is 0.599. The number of hydrogen-bond acceptors (Lipinski definition) is 7. The molecular weight excluding hydrogens is 396 g/mol. The van der Waals surface area contributed by atoms with E-state index in [1.807, 2.05) is 35.3 Å². The SMILES string of the molecule is S=C(NCCNCCCNc1ccnc(N2CCN2)n1)Nc1ccc(Cl)cc1. The Morgan fingerprint density at radius 2 is 1.96 bits per heavy atom. The van der Waals surface area contributed by atoms with E-state index in [0.717, 1.165) is 57.2 Å². The molecule has 2 heterocycles. The lowest BCUT2D eigenvalue weighted by Gasteiger charge is -2.31. The lowest BCUT2D eigenvalue weighted by Crippen LogP contribution is -2.54. The normalized spacial score (nSPS) is 13.0. The van der Waals surface area contributed by atoms with Crippen LogP contribution >= 0.6 is 23.8 Å². The molecule has 0 spiro atoms. The van der Waals surface area contributed by atoms with Gasteiger partial charge >= 0.3 is 0 Å². The zero-order valence-corrected chi connectivity index (χ0v) is 17.1. The van der Waals surface area contributed by atoms with Gasteiger partial charge in [-0.3, -0.25) is 5.01 Å². The standard InChI is InChI=1S/C18H25ClN8S/c19-14-2-4-15(5-3-14)25-18(28)23-11-10-20-7-1-8-21-16-6-9-22-17(26-16)27-13-12-24-27/h2-6,9,20,24H,1,7-8,10-13H2,(H,21,22,26)(H2,23,25,28). The zero-order chi connectivity index (χ0) is 19.6. The van der Waals surface area contributed by atoms with Crippen LogP contribution in [0.15, 0.2) is 36.5 Å². The van der Waals surface area contributed by atoms with E-state index in [-0.39, 0.29) is 0 Å². The van der Waals surface area contributed by atoms with Gasteiger partial charge in [0.25, 0.3) is 0 Å². The maximum atomic E-state index is 5.87. The van der Waals surface area contributed by atoms with E-state index in [4.69, 9.17) is 23.8 Å². The number of hydrazine groups is 1. The molecule has 150 valence electrons. The smallest absolute Gasteiger partial charge is 0.241 e. The third-order valence-corrected chi connectivity index (χ3v) is 4.55. The molecule has 1 aromatic carbocycles. The number of nitrogens with one attached hydrogen (secondary N) is 5. The molecule has 0 atom stereocenters. The molecule has 5 N–H and O–H groups in total. The van der Waals surface area contributed by atoms with Gasteiger partial charge in [0, 0.05) is 43.1 Å². The van der Waals surface area contributed by atoms with E-state index in [0.29, 0.717) is 16.1 Å². The fourth-order valence-corrected chi connectivity index (χ4v) is 2.84. The topological polar surface area (TPSA) is 89.2 Å². The largest absolute Gasteiger partial charge is 0.370 e. The van der Waals surface area contributed by atoms with Crippen LogP contribution in [0, 0.1) is 0 Å². The summed E-state index contributed by atoms with van der Waals surface area (Å²) in [5, 5.41) is 16.3. The highest BCUT2D eigenvalue weighted by Crippen LogP contribution is 2.13. The summed E-state index contributed by atoms with van der Waals surface area (Å²) < 4.78 is 0. The summed E-state index contributed by atoms with van der Waals surface area (Å²) >= 11 is 11.1. The summed E-state index contributed by atoms with van der Waals surface area (Å²) in [6, 6.07) is 9.32. The second-order valence-electron chi connectivity index (χ2n) is 6.22. The van der Waals surface area contributed by atoms with E-state index in [1.54, 1.807) is 6.20 Å². The van der Waals surface area contributed by atoms with Crippen molar-refractivity contribution in [3.05, 3.63) is 41.6 Å². The molecule has 1 fully saturated rings.